The Bertz CT molecular complexity index is 492. The molecule has 1 N–H and O–H groups in total. The SMILES string of the molecule is CC(=O)SCCC#Cc1sc(C(=O)O)cc1C. The average molecular weight is 268 g/mol. The van der Waals surface area contributed by atoms with E-state index in [1.54, 1.807) is 6.07 Å². The highest BCUT2D eigenvalue weighted by molar-refractivity contribution is 8.13. The van der Waals surface area contributed by atoms with Crippen molar-refractivity contribution in [3.05, 3.63) is 21.4 Å². The molecule has 3 nitrogen and oxygen atoms in total. The first-order valence-corrected chi connectivity index (χ1v) is 6.77. The summed E-state index contributed by atoms with van der Waals surface area (Å²) >= 11 is 2.43. The van der Waals surface area contributed by atoms with Gasteiger partial charge < -0.3 is 5.11 Å². The van der Waals surface area contributed by atoms with Gasteiger partial charge in [-0.2, -0.15) is 0 Å². The van der Waals surface area contributed by atoms with Crippen LogP contribution in [0, 0.1) is 18.8 Å². The third kappa shape index (κ3) is 4.63. The van der Waals surface area contributed by atoms with E-state index >= 15 is 0 Å². The summed E-state index contributed by atoms with van der Waals surface area (Å²) in [7, 11) is 0. The van der Waals surface area contributed by atoms with Crippen LogP contribution in [0.4, 0.5) is 0 Å². The quantitative estimate of drug-likeness (QED) is 0.676. The van der Waals surface area contributed by atoms with Gasteiger partial charge in [-0.05, 0) is 18.6 Å². The van der Waals surface area contributed by atoms with Gasteiger partial charge in [0.05, 0.1) is 4.88 Å². The van der Waals surface area contributed by atoms with Crippen molar-refractivity contribution in [2.24, 2.45) is 0 Å². The molecule has 17 heavy (non-hydrogen) atoms. The monoisotopic (exact) mass is 268 g/mol. The molecule has 1 heterocycles. The number of thioether (sulfide) groups is 1. The lowest BCUT2D eigenvalue weighted by Gasteiger charge is -1.88. The van der Waals surface area contributed by atoms with Crippen molar-refractivity contribution in [2.75, 3.05) is 5.75 Å². The largest absolute Gasteiger partial charge is 0.477 e. The second-order valence-corrected chi connectivity index (χ2v) is 5.64. The smallest absolute Gasteiger partial charge is 0.345 e. The maximum atomic E-state index is 10.7. The lowest BCUT2D eigenvalue weighted by Crippen LogP contribution is -1.89. The number of aromatic carboxylic acids is 1. The lowest BCUT2D eigenvalue weighted by atomic mass is 10.2. The van der Waals surface area contributed by atoms with E-state index in [0.29, 0.717) is 17.1 Å². The molecule has 1 aromatic heterocycles. The van der Waals surface area contributed by atoms with Gasteiger partial charge in [-0.3, -0.25) is 4.79 Å². The number of hydrogen-bond donors (Lipinski definition) is 1. The summed E-state index contributed by atoms with van der Waals surface area (Å²) in [5.74, 6) is 5.65. The van der Waals surface area contributed by atoms with Crippen molar-refractivity contribution in [3.8, 4) is 11.8 Å². The summed E-state index contributed by atoms with van der Waals surface area (Å²) < 4.78 is 0. The third-order valence-corrected chi connectivity index (χ3v) is 3.82. The molecule has 0 saturated heterocycles. The van der Waals surface area contributed by atoms with Crippen LogP contribution in [0.5, 0.6) is 0 Å². The van der Waals surface area contributed by atoms with Gasteiger partial charge in [0, 0.05) is 19.1 Å². The standard InChI is InChI=1S/C12H12O3S2/c1-8-7-11(12(14)15)17-10(8)5-3-4-6-16-9(2)13/h7H,4,6H2,1-2H3,(H,14,15). The zero-order valence-corrected chi connectivity index (χ0v) is 11.2. The Morgan fingerprint density at radius 3 is 2.76 bits per heavy atom. The van der Waals surface area contributed by atoms with E-state index in [0.717, 1.165) is 10.4 Å². The summed E-state index contributed by atoms with van der Waals surface area (Å²) in [5, 5.41) is 8.90. The number of carboxylic acids is 1. The minimum absolute atomic E-state index is 0.0901. The van der Waals surface area contributed by atoms with Crippen molar-refractivity contribution in [1.82, 2.24) is 0 Å². The van der Waals surface area contributed by atoms with Crippen LogP contribution in [0.1, 0.15) is 33.5 Å². The van der Waals surface area contributed by atoms with Gasteiger partial charge in [0.25, 0.3) is 0 Å². The van der Waals surface area contributed by atoms with Gasteiger partial charge in [-0.25, -0.2) is 4.79 Å². The van der Waals surface area contributed by atoms with E-state index in [9.17, 15) is 9.59 Å². The number of carboxylic acid groups (broad SMARTS) is 1. The topological polar surface area (TPSA) is 54.4 Å². The Hall–Kier alpha value is -1.25. The molecule has 0 saturated carbocycles. The highest BCUT2D eigenvalue weighted by Crippen LogP contribution is 2.20. The van der Waals surface area contributed by atoms with E-state index in [2.05, 4.69) is 11.8 Å². The average Bonchev–Trinajstić information content (AvgIpc) is 2.59. The van der Waals surface area contributed by atoms with Crippen molar-refractivity contribution >= 4 is 34.2 Å². The summed E-state index contributed by atoms with van der Waals surface area (Å²) in [4.78, 5) is 22.5. The van der Waals surface area contributed by atoms with Crippen LogP contribution in [-0.2, 0) is 4.79 Å². The predicted octanol–water partition coefficient (Wildman–Crippen LogP) is 2.78. The molecule has 0 radical (unpaired) electrons. The van der Waals surface area contributed by atoms with Crippen molar-refractivity contribution in [1.29, 1.82) is 0 Å². The zero-order valence-electron chi connectivity index (χ0n) is 9.57. The Balaban J connectivity index is 2.59. The van der Waals surface area contributed by atoms with Gasteiger partial charge >= 0.3 is 5.97 Å². The fraction of sp³-hybridized carbons (Fsp3) is 0.333. The van der Waals surface area contributed by atoms with Crippen molar-refractivity contribution in [2.45, 2.75) is 20.3 Å². The van der Waals surface area contributed by atoms with E-state index < -0.39 is 5.97 Å². The molecule has 0 aliphatic rings. The third-order valence-electron chi connectivity index (χ3n) is 1.86. The molecule has 0 spiro atoms. The highest BCUT2D eigenvalue weighted by Gasteiger charge is 2.08. The van der Waals surface area contributed by atoms with Gasteiger partial charge in [-0.15, -0.1) is 11.3 Å². The number of hydrogen-bond acceptors (Lipinski definition) is 4. The fourth-order valence-corrected chi connectivity index (χ4v) is 2.48. The molecule has 5 heteroatoms. The maximum absolute atomic E-state index is 10.7. The zero-order chi connectivity index (χ0) is 12.8. The maximum Gasteiger partial charge on any atom is 0.345 e. The van der Waals surface area contributed by atoms with Gasteiger partial charge in [0.2, 0.25) is 0 Å². The highest BCUT2D eigenvalue weighted by atomic mass is 32.2. The fourth-order valence-electron chi connectivity index (χ4n) is 1.10. The minimum Gasteiger partial charge on any atom is -0.477 e. The Morgan fingerprint density at radius 1 is 1.53 bits per heavy atom. The second-order valence-electron chi connectivity index (χ2n) is 3.32. The summed E-state index contributed by atoms with van der Waals surface area (Å²) in [6.45, 7) is 3.37. The van der Waals surface area contributed by atoms with E-state index in [1.165, 1.54) is 30.0 Å². The molecule has 0 amide bonds. The number of carbonyl (C=O) groups is 2. The number of carbonyl (C=O) groups excluding carboxylic acids is 1. The molecule has 0 aliphatic heterocycles. The van der Waals surface area contributed by atoms with Crippen LogP contribution in [0.15, 0.2) is 6.07 Å². The van der Waals surface area contributed by atoms with E-state index in [4.69, 9.17) is 5.11 Å². The van der Waals surface area contributed by atoms with Gasteiger partial charge in [-0.1, -0.05) is 23.6 Å². The number of rotatable bonds is 3. The lowest BCUT2D eigenvalue weighted by molar-refractivity contribution is -0.109. The van der Waals surface area contributed by atoms with Gasteiger partial charge in [0.15, 0.2) is 5.12 Å². The summed E-state index contributed by atoms with van der Waals surface area (Å²) in [6, 6.07) is 1.63. The summed E-state index contributed by atoms with van der Waals surface area (Å²) in [5.41, 5.74) is 0.888. The first-order valence-electron chi connectivity index (χ1n) is 4.96. The molecule has 1 aromatic rings. The van der Waals surface area contributed by atoms with Crippen LogP contribution in [0.3, 0.4) is 0 Å². The number of aryl methyl sites for hydroxylation is 1. The number of thiophene rings is 1. The molecular weight excluding hydrogens is 256 g/mol. The van der Waals surface area contributed by atoms with Crippen molar-refractivity contribution in [3.63, 3.8) is 0 Å². The molecule has 0 fully saturated rings. The molecule has 0 unspecified atom stereocenters. The normalized spacial score (nSPS) is 9.53. The molecule has 0 atom stereocenters. The first-order chi connectivity index (χ1) is 8.00. The molecule has 1 rings (SSSR count). The minimum atomic E-state index is -0.918. The van der Waals surface area contributed by atoms with Crippen LogP contribution in [0.2, 0.25) is 0 Å². The van der Waals surface area contributed by atoms with E-state index in [-0.39, 0.29) is 5.12 Å². The van der Waals surface area contributed by atoms with E-state index in [1.807, 2.05) is 6.92 Å². The predicted molar refractivity (Wildman–Crippen MR) is 70.6 cm³/mol. The van der Waals surface area contributed by atoms with Crippen molar-refractivity contribution < 1.29 is 14.7 Å². The van der Waals surface area contributed by atoms with Crippen LogP contribution >= 0.6 is 23.1 Å². The molecular formula is C12H12O3S2. The Labute approximate surface area is 108 Å². The van der Waals surface area contributed by atoms with Crippen LogP contribution < -0.4 is 0 Å². The Morgan fingerprint density at radius 2 is 2.24 bits per heavy atom. The second kappa shape index (κ2) is 6.48. The van der Waals surface area contributed by atoms with Crippen LogP contribution in [0.25, 0.3) is 0 Å². The Kier molecular flexibility index (Phi) is 5.26. The first kappa shape index (κ1) is 13.8. The van der Waals surface area contributed by atoms with Gasteiger partial charge in [0.1, 0.15) is 4.88 Å². The summed E-state index contributed by atoms with van der Waals surface area (Å²) in [6.07, 6.45) is 0.629. The molecule has 0 bridgehead atoms. The molecule has 0 aromatic carbocycles. The van der Waals surface area contributed by atoms with Crippen LogP contribution in [-0.4, -0.2) is 21.9 Å². The molecule has 0 aliphatic carbocycles. The molecule has 90 valence electrons.